The maximum Gasteiger partial charge on any atom is 0.322 e. The first-order chi connectivity index (χ1) is 11.1. The Morgan fingerprint density at radius 1 is 1.09 bits per heavy atom. The van der Waals surface area contributed by atoms with Crippen LogP contribution in [0.5, 0.6) is 5.75 Å². The molecule has 0 spiro atoms. The van der Waals surface area contributed by atoms with Crippen LogP contribution in [0.1, 0.15) is 12.0 Å². The Morgan fingerprint density at radius 2 is 1.78 bits per heavy atom. The second-order valence-corrected chi connectivity index (χ2v) is 5.85. The molecule has 0 radical (unpaired) electrons. The third kappa shape index (κ3) is 3.85. The Balaban J connectivity index is 1.62. The molecule has 2 aromatic rings. The fraction of sp³-hybridized carbons (Fsp3) is 0.167. The van der Waals surface area contributed by atoms with Crippen LogP contribution < -0.4 is 5.32 Å². The van der Waals surface area contributed by atoms with E-state index in [1.54, 1.807) is 29.2 Å². The number of hydrogen-bond donors (Lipinski definition) is 2. The van der Waals surface area contributed by atoms with Crippen LogP contribution >= 0.6 is 11.6 Å². The summed E-state index contributed by atoms with van der Waals surface area (Å²) in [6.07, 6.45) is 2.88. The number of urea groups is 1. The molecule has 0 aromatic heterocycles. The minimum atomic E-state index is -0.137. The van der Waals surface area contributed by atoms with E-state index in [0.29, 0.717) is 18.8 Å². The summed E-state index contributed by atoms with van der Waals surface area (Å²) < 4.78 is 0. The zero-order chi connectivity index (χ0) is 16.2. The molecule has 1 aliphatic heterocycles. The maximum absolute atomic E-state index is 12.2. The quantitative estimate of drug-likeness (QED) is 0.804. The van der Waals surface area contributed by atoms with Crippen LogP contribution in [0.2, 0.25) is 5.02 Å². The van der Waals surface area contributed by atoms with Crippen molar-refractivity contribution in [3.05, 3.63) is 65.2 Å². The van der Waals surface area contributed by atoms with Gasteiger partial charge in [-0.15, -0.1) is 0 Å². The molecule has 1 heterocycles. The molecule has 0 saturated heterocycles. The summed E-state index contributed by atoms with van der Waals surface area (Å²) in [6.45, 7) is 1.24. The minimum Gasteiger partial charge on any atom is -0.508 e. The van der Waals surface area contributed by atoms with Crippen molar-refractivity contribution in [2.24, 2.45) is 0 Å². The van der Waals surface area contributed by atoms with Crippen LogP contribution in [0.3, 0.4) is 0 Å². The smallest absolute Gasteiger partial charge is 0.322 e. The Labute approximate surface area is 140 Å². The van der Waals surface area contributed by atoms with Crippen LogP contribution in [-0.2, 0) is 0 Å². The van der Waals surface area contributed by atoms with E-state index in [9.17, 15) is 9.90 Å². The summed E-state index contributed by atoms with van der Waals surface area (Å²) >= 11 is 5.91. The number of carbonyl (C=O) groups is 1. The van der Waals surface area contributed by atoms with Crippen molar-refractivity contribution in [2.45, 2.75) is 6.42 Å². The molecular formula is C18H17ClN2O2. The van der Waals surface area contributed by atoms with Crippen molar-refractivity contribution in [3.63, 3.8) is 0 Å². The number of halogens is 1. The largest absolute Gasteiger partial charge is 0.508 e. The van der Waals surface area contributed by atoms with E-state index in [2.05, 4.69) is 11.4 Å². The fourth-order valence-electron chi connectivity index (χ4n) is 2.53. The minimum absolute atomic E-state index is 0.137. The number of aromatic hydroxyl groups is 1. The lowest BCUT2D eigenvalue weighted by Gasteiger charge is -2.27. The molecule has 0 unspecified atom stereocenters. The van der Waals surface area contributed by atoms with E-state index in [4.69, 9.17) is 11.6 Å². The fourth-order valence-corrected chi connectivity index (χ4v) is 2.65. The van der Waals surface area contributed by atoms with Gasteiger partial charge in [0.15, 0.2) is 0 Å². The van der Waals surface area contributed by atoms with Crippen molar-refractivity contribution in [3.8, 4) is 5.75 Å². The van der Waals surface area contributed by atoms with Gasteiger partial charge < -0.3 is 15.3 Å². The normalized spacial score (nSPS) is 14.3. The number of benzene rings is 2. The van der Waals surface area contributed by atoms with Gasteiger partial charge in [-0.3, -0.25) is 0 Å². The van der Waals surface area contributed by atoms with Gasteiger partial charge in [-0.1, -0.05) is 29.8 Å². The molecule has 0 aliphatic carbocycles. The number of carbonyl (C=O) groups excluding carboxylic acids is 1. The lowest BCUT2D eigenvalue weighted by Crippen LogP contribution is -2.37. The lowest BCUT2D eigenvalue weighted by molar-refractivity contribution is 0.217. The van der Waals surface area contributed by atoms with Gasteiger partial charge in [0.2, 0.25) is 0 Å². The molecule has 118 valence electrons. The number of nitrogens with one attached hydrogen (secondary N) is 1. The molecule has 0 saturated carbocycles. The van der Waals surface area contributed by atoms with Crippen LogP contribution in [0.4, 0.5) is 10.5 Å². The van der Waals surface area contributed by atoms with Gasteiger partial charge in [-0.25, -0.2) is 4.79 Å². The van der Waals surface area contributed by atoms with Crippen LogP contribution in [0, 0.1) is 0 Å². The summed E-state index contributed by atoms with van der Waals surface area (Å²) in [5.74, 6) is 0.177. The summed E-state index contributed by atoms with van der Waals surface area (Å²) in [5.41, 5.74) is 3.05. The van der Waals surface area contributed by atoms with Crippen molar-refractivity contribution < 1.29 is 9.90 Å². The third-order valence-corrected chi connectivity index (χ3v) is 4.08. The SMILES string of the molecule is O=C(Nc1ccc(O)cc1)N1CC=C(c2ccc(Cl)cc2)CC1. The van der Waals surface area contributed by atoms with Gasteiger partial charge >= 0.3 is 6.03 Å². The van der Waals surface area contributed by atoms with E-state index in [1.807, 2.05) is 24.3 Å². The highest BCUT2D eigenvalue weighted by atomic mass is 35.5. The molecule has 2 amide bonds. The molecule has 2 N–H and O–H groups in total. The molecule has 0 bridgehead atoms. The third-order valence-electron chi connectivity index (χ3n) is 3.83. The van der Waals surface area contributed by atoms with Gasteiger partial charge in [0.05, 0.1) is 0 Å². The van der Waals surface area contributed by atoms with Gasteiger partial charge in [-0.2, -0.15) is 0 Å². The first-order valence-electron chi connectivity index (χ1n) is 7.42. The van der Waals surface area contributed by atoms with Crippen molar-refractivity contribution in [1.29, 1.82) is 0 Å². The zero-order valence-electron chi connectivity index (χ0n) is 12.5. The molecule has 0 fully saturated rings. The number of hydrogen-bond acceptors (Lipinski definition) is 2. The van der Waals surface area contributed by atoms with Crippen LogP contribution in [0.25, 0.3) is 5.57 Å². The van der Waals surface area contributed by atoms with Gasteiger partial charge in [0.1, 0.15) is 5.75 Å². The summed E-state index contributed by atoms with van der Waals surface area (Å²) in [6, 6.07) is 14.1. The lowest BCUT2D eigenvalue weighted by atomic mass is 10.00. The van der Waals surface area contributed by atoms with Crippen molar-refractivity contribution in [1.82, 2.24) is 4.90 Å². The van der Waals surface area contributed by atoms with E-state index >= 15 is 0 Å². The van der Waals surface area contributed by atoms with Crippen LogP contribution in [-0.4, -0.2) is 29.1 Å². The number of anilines is 1. The molecule has 2 aromatic carbocycles. The van der Waals surface area contributed by atoms with Crippen LogP contribution in [0.15, 0.2) is 54.6 Å². The maximum atomic E-state index is 12.2. The summed E-state index contributed by atoms with van der Waals surface area (Å²) in [5, 5.41) is 12.8. The monoisotopic (exact) mass is 328 g/mol. The van der Waals surface area contributed by atoms with Gasteiger partial charge in [0, 0.05) is 23.8 Å². The number of rotatable bonds is 2. The molecular weight excluding hydrogens is 312 g/mol. The second-order valence-electron chi connectivity index (χ2n) is 5.41. The Kier molecular flexibility index (Phi) is 4.53. The first kappa shape index (κ1) is 15.4. The average Bonchev–Trinajstić information content (AvgIpc) is 2.58. The number of phenols is 1. The van der Waals surface area contributed by atoms with E-state index < -0.39 is 0 Å². The topological polar surface area (TPSA) is 52.6 Å². The van der Waals surface area contributed by atoms with E-state index in [1.165, 1.54) is 5.57 Å². The highest BCUT2D eigenvalue weighted by Gasteiger charge is 2.17. The summed E-state index contributed by atoms with van der Waals surface area (Å²) in [7, 11) is 0. The Morgan fingerprint density at radius 3 is 2.39 bits per heavy atom. The van der Waals surface area contributed by atoms with Crippen molar-refractivity contribution >= 4 is 28.9 Å². The van der Waals surface area contributed by atoms with Crippen molar-refractivity contribution in [2.75, 3.05) is 18.4 Å². The predicted octanol–water partition coefficient (Wildman–Crippen LogP) is 4.37. The highest BCUT2D eigenvalue weighted by molar-refractivity contribution is 6.30. The molecule has 5 heteroatoms. The number of amides is 2. The summed E-state index contributed by atoms with van der Waals surface area (Å²) in [4.78, 5) is 14.0. The number of nitrogens with zero attached hydrogens (tertiary/aromatic N) is 1. The van der Waals surface area contributed by atoms with Gasteiger partial charge in [0.25, 0.3) is 0 Å². The van der Waals surface area contributed by atoms with E-state index in [-0.39, 0.29) is 11.8 Å². The molecule has 0 atom stereocenters. The number of phenolic OH excluding ortho intramolecular Hbond substituents is 1. The molecule has 1 aliphatic rings. The Bertz CT molecular complexity index is 724. The highest BCUT2D eigenvalue weighted by Crippen LogP contribution is 2.24. The average molecular weight is 329 g/mol. The second kappa shape index (κ2) is 6.75. The molecule has 23 heavy (non-hydrogen) atoms. The first-order valence-corrected chi connectivity index (χ1v) is 7.79. The molecule has 3 rings (SSSR count). The standard InChI is InChI=1S/C18H17ClN2O2/c19-15-3-1-13(2-4-15)14-9-11-21(12-10-14)18(23)20-16-5-7-17(22)8-6-16/h1-9,22H,10-12H2,(H,20,23). The van der Waals surface area contributed by atoms with Gasteiger partial charge in [-0.05, 0) is 54.0 Å². The zero-order valence-corrected chi connectivity index (χ0v) is 13.3. The molecule has 4 nitrogen and oxygen atoms in total. The van der Waals surface area contributed by atoms with E-state index in [0.717, 1.165) is 17.0 Å². The Hall–Kier alpha value is -2.46. The predicted molar refractivity (Wildman–Crippen MR) is 92.7 cm³/mol.